The van der Waals surface area contributed by atoms with Crippen LogP contribution in [0.1, 0.15) is 25.8 Å². The topological polar surface area (TPSA) is 107 Å². The number of carbonyl (C=O) groups excluding carboxylic acids is 1. The lowest BCUT2D eigenvalue weighted by molar-refractivity contribution is -0.114. The predicted molar refractivity (Wildman–Crippen MR) is 144 cm³/mol. The molecule has 2 aromatic carbocycles. The van der Waals surface area contributed by atoms with Crippen molar-refractivity contribution in [2.45, 2.75) is 25.8 Å². The van der Waals surface area contributed by atoms with Crippen LogP contribution in [0.4, 0.5) is 21.5 Å². The van der Waals surface area contributed by atoms with Crippen LogP contribution in [-0.2, 0) is 11.8 Å². The molecule has 11 heteroatoms. The number of nitrogens with one attached hydrogen (secondary N) is 2. The van der Waals surface area contributed by atoms with Crippen LogP contribution in [-0.4, -0.2) is 19.6 Å². The summed E-state index contributed by atoms with van der Waals surface area (Å²) < 4.78 is 19.1. The molecule has 2 N–H and O–H groups in total. The molecule has 4 aromatic rings. The van der Waals surface area contributed by atoms with Crippen LogP contribution in [0, 0.1) is 9.39 Å². The summed E-state index contributed by atoms with van der Waals surface area (Å²) in [6.45, 7) is 1.37. The van der Waals surface area contributed by atoms with E-state index < -0.39 is 22.6 Å². The maximum Gasteiger partial charge on any atom is 0.337 e. The fourth-order valence-electron chi connectivity index (χ4n) is 4.21. The van der Waals surface area contributed by atoms with Crippen LogP contribution < -0.4 is 27.4 Å². The SMILES string of the molecule is CC(=O)Nc1cccc(-n2c(=O)n(C3CC3)c(=O)c3c(Nc4ccc(I)cc4F)cc(=O)n(C)c32)c1. The number of nitrogens with zero attached hydrogens (tertiary/aromatic N) is 3. The standard InChI is InChI=1S/C25H21FIN5O4/c1-13(33)28-15-4-3-5-17(11-15)31-23-22(24(35)32(25(31)36)16-7-8-16)20(12-21(34)30(23)2)29-19-9-6-14(27)10-18(19)26/h3-6,9-12,16,29H,7-8H2,1-2H3,(H,28,33). The first-order valence-corrected chi connectivity index (χ1v) is 12.2. The van der Waals surface area contributed by atoms with E-state index in [4.69, 9.17) is 0 Å². The molecule has 0 atom stereocenters. The molecule has 9 nitrogen and oxygen atoms in total. The average Bonchev–Trinajstić information content (AvgIpc) is 3.63. The second-order valence-corrected chi connectivity index (χ2v) is 9.90. The van der Waals surface area contributed by atoms with Crippen molar-refractivity contribution in [2.75, 3.05) is 10.6 Å². The molecule has 1 amide bonds. The molecule has 2 aromatic heterocycles. The lowest BCUT2D eigenvalue weighted by atomic mass is 10.2. The van der Waals surface area contributed by atoms with Crippen molar-refractivity contribution < 1.29 is 9.18 Å². The zero-order chi connectivity index (χ0) is 25.7. The number of aryl methyl sites for hydroxylation is 1. The van der Waals surface area contributed by atoms with E-state index in [9.17, 15) is 23.6 Å². The average molecular weight is 601 g/mol. The molecule has 36 heavy (non-hydrogen) atoms. The molecule has 0 bridgehead atoms. The van der Waals surface area contributed by atoms with Crippen LogP contribution in [0.15, 0.2) is 62.9 Å². The summed E-state index contributed by atoms with van der Waals surface area (Å²) in [4.78, 5) is 51.9. The van der Waals surface area contributed by atoms with Gasteiger partial charge in [0.2, 0.25) is 5.91 Å². The Morgan fingerprint density at radius 1 is 1.06 bits per heavy atom. The molecular formula is C25H21FIN5O4. The Bertz CT molecular complexity index is 1740. The van der Waals surface area contributed by atoms with E-state index in [0.29, 0.717) is 27.8 Å². The van der Waals surface area contributed by atoms with Crippen LogP contribution >= 0.6 is 22.6 Å². The van der Waals surface area contributed by atoms with Gasteiger partial charge in [0.15, 0.2) is 0 Å². The first-order chi connectivity index (χ1) is 17.2. The summed E-state index contributed by atoms with van der Waals surface area (Å²) in [5.41, 5.74) is -0.596. The van der Waals surface area contributed by atoms with E-state index in [1.165, 1.54) is 45.9 Å². The maximum absolute atomic E-state index is 14.7. The molecule has 0 aliphatic heterocycles. The van der Waals surface area contributed by atoms with Gasteiger partial charge in [-0.15, -0.1) is 0 Å². The number of benzene rings is 2. The number of carbonyl (C=O) groups is 1. The molecule has 1 saturated carbocycles. The molecule has 1 aliphatic rings. The summed E-state index contributed by atoms with van der Waals surface area (Å²) in [5.74, 6) is -0.833. The summed E-state index contributed by atoms with van der Waals surface area (Å²) in [6.07, 6.45) is 1.35. The monoisotopic (exact) mass is 601 g/mol. The third kappa shape index (κ3) is 4.23. The zero-order valence-corrected chi connectivity index (χ0v) is 21.5. The highest BCUT2D eigenvalue weighted by Gasteiger charge is 2.31. The van der Waals surface area contributed by atoms with Gasteiger partial charge in [-0.05, 0) is 71.8 Å². The lowest BCUT2D eigenvalue weighted by Gasteiger charge is -2.19. The Hall–Kier alpha value is -3.74. The summed E-state index contributed by atoms with van der Waals surface area (Å²) >= 11 is 1.99. The Kier molecular flexibility index (Phi) is 6.02. The highest BCUT2D eigenvalue weighted by atomic mass is 127. The Balaban J connectivity index is 1.86. The van der Waals surface area contributed by atoms with Gasteiger partial charge in [-0.3, -0.25) is 23.5 Å². The van der Waals surface area contributed by atoms with Gasteiger partial charge in [0.1, 0.15) is 16.9 Å². The number of rotatable bonds is 5. The van der Waals surface area contributed by atoms with Crippen molar-refractivity contribution in [3.63, 3.8) is 0 Å². The first-order valence-electron chi connectivity index (χ1n) is 11.2. The summed E-state index contributed by atoms with van der Waals surface area (Å²) in [7, 11) is 1.47. The summed E-state index contributed by atoms with van der Waals surface area (Å²) in [5, 5.41) is 5.65. The lowest BCUT2D eigenvalue weighted by Crippen LogP contribution is -2.41. The predicted octanol–water partition coefficient (Wildman–Crippen LogP) is 3.63. The second kappa shape index (κ2) is 9.04. The number of hydrogen-bond acceptors (Lipinski definition) is 5. The van der Waals surface area contributed by atoms with Crippen molar-refractivity contribution in [3.8, 4) is 5.69 Å². The number of aromatic nitrogens is 3. The number of pyridine rings is 1. The fraction of sp³-hybridized carbons (Fsp3) is 0.200. The van der Waals surface area contributed by atoms with E-state index in [0.717, 1.165) is 0 Å². The minimum atomic E-state index is -0.595. The first kappa shape index (κ1) is 24.0. The highest BCUT2D eigenvalue weighted by Crippen LogP contribution is 2.34. The number of halogens is 2. The summed E-state index contributed by atoms with van der Waals surface area (Å²) in [6, 6.07) is 12.1. The van der Waals surface area contributed by atoms with E-state index in [2.05, 4.69) is 10.6 Å². The second-order valence-electron chi connectivity index (χ2n) is 8.66. The van der Waals surface area contributed by atoms with Crippen molar-refractivity contribution >= 4 is 56.6 Å². The Morgan fingerprint density at radius 2 is 1.81 bits per heavy atom. The quantitative estimate of drug-likeness (QED) is 0.340. The smallest absolute Gasteiger partial charge is 0.337 e. The molecule has 1 fully saturated rings. The number of fused-ring (bicyclic) bond motifs is 1. The molecule has 0 radical (unpaired) electrons. The maximum atomic E-state index is 14.7. The minimum absolute atomic E-state index is 0.0581. The fourth-order valence-corrected chi connectivity index (χ4v) is 4.66. The van der Waals surface area contributed by atoms with Crippen molar-refractivity contribution in [1.82, 2.24) is 13.7 Å². The normalized spacial score (nSPS) is 13.1. The van der Waals surface area contributed by atoms with Crippen molar-refractivity contribution in [2.24, 2.45) is 7.05 Å². The molecule has 2 heterocycles. The van der Waals surface area contributed by atoms with E-state index in [1.807, 2.05) is 22.6 Å². The van der Waals surface area contributed by atoms with E-state index in [-0.39, 0.29) is 34.4 Å². The molecular weight excluding hydrogens is 580 g/mol. The molecule has 0 saturated heterocycles. The van der Waals surface area contributed by atoms with Crippen LogP contribution in [0.25, 0.3) is 16.7 Å². The third-order valence-electron chi connectivity index (χ3n) is 5.99. The van der Waals surface area contributed by atoms with Gasteiger partial charge in [0.05, 0.1) is 17.1 Å². The Morgan fingerprint density at radius 3 is 2.47 bits per heavy atom. The minimum Gasteiger partial charge on any atom is -0.352 e. The number of anilines is 3. The number of amides is 1. The van der Waals surface area contributed by atoms with E-state index >= 15 is 0 Å². The van der Waals surface area contributed by atoms with Crippen LogP contribution in [0.3, 0.4) is 0 Å². The van der Waals surface area contributed by atoms with Gasteiger partial charge < -0.3 is 10.6 Å². The van der Waals surface area contributed by atoms with Gasteiger partial charge in [-0.2, -0.15) is 0 Å². The molecule has 5 rings (SSSR count). The van der Waals surface area contributed by atoms with E-state index in [1.54, 1.807) is 30.3 Å². The van der Waals surface area contributed by atoms with Gasteiger partial charge in [-0.25, -0.2) is 13.8 Å². The van der Waals surface area contributed by atoms with Gasteiger partial charge in [-0.1, -0.05) is 6.07 Å². The zero-order valence-electron chi connectivity index (χ0n) is 19.3. The van der Waals surface area contributed by atoms with Crippen LogP contribution in [0.2, 0.25) is 0 Å². The molecule has 184 valence electrons. The van der Waals surface area contributed by atoms with Crippen LogP contribution in [0.5, 0.6) is 0 Å². The number of hydrogen-bond donors (Lipinski definition) is 2. The van der Waals surface area contributed by atoms with Gasteiger partial charge in [0, 0.05) is 35.3 Å². The molecule has 0 unspecified atom stereocenters. The van der Waals surface area contributed by atoms with Crippen molar-refractivity contribution in [3.05, 3.63) is 89.1 Å². The van der Waals surface area contributed by atoms with Crippen molar-refractivity contribution in [1.29, 1.82) is 0 Å². The third-order valence-corrected chi connectivity index (χ3v) is 6.66. The van der Waals surface area contributed by atoms with Gasteiger partial charge in [0.25, 0.3) is 11.1 Å². The van der Waals surface area contributed by atoms with Gasteiger partial charge >= 0.3 is 5.69 Å². The Labute approximate surface area is 217 Å². The molecule has 1 aliphatic carbocycles. The molecule has 0 spiro atoms. The highest BCUT2D eigenvalue weighted by molar-refractivity contribution is 14.1. The largest absolute Gasteiger partial charge is 0.352 e.